The number of nitrogens with zero attached hydrogens (tertiary/aromatic N) is 2. The van der Waals surface area contributed by atoms with E-state index >= 15 is 0 Å². The fourth-order valence-corrected chi connectivity index (χ4v) is 1.56. The Kier molecular flexibility index (Phi) is 2.56. The molecule has 1 aliphatic carbocycles. The lowest BCUT2D eigenvalue weighted by Gasteiger charge is -2.21. The minimum atomic E-state index is -4.42. The fraction of sp³-hybridized carbons (Fsp3) is 0.444. The third-order valence-corrected chi connectivity index (χ3v) is 2.70. The first kappa shape index (κ1) is 12.4. The molecule has 6 nitrogen and oxygen atoms in total. The smallest absolute Gasteiger partial charge is 0.383 e. The minimum Gasteiger partial charge on any atom is -0.383 e. The van der Waals surface area contributed by atoms with Gasteiger partial charge in [0.05, 0.1) is 17.1 Å². The van der Waals surface area contributed by atoms with Gasteiger partial charge in [-0.25, -0.2) is 4.98 Å². The molecular formula is C9H9F3N4O2. The first-order chi connectivity index (χ1) is 8.23. The summed E-state index contributed by atoms with van der Waals surface area (Å²) in [6.45, 7) is 0. The Morgan fingerprint density at radius 3 is 2.50 bits per heavy atom. The molecule has 0 bridgehead atoms. The van der Waals surface area contributed by atoms with Crippen LogP contribution in [0.2, 0.25) is 0 Å². The molecule has 2 rings (SSSR count). The highest BCUT2D eigenvalue weighted by atomic mass is 19.4. The second kappa shape index (κ2) is 3.72. The van der Waals surface area contributed by atoms with Crippen LogP contribution in [0.1, 0.15) is 12.8 Å². The van der Waals surface area contributed by atoms with Gasteiger partial charge in [-0.1, -0.05) is 0 Å². The lowest BCUT2D eigenvalue weighted by atomic mass is 10.2. The van der Waals surface area contributed by atoms with Gasteiger partial charge in [-0.3, -0.25) is 10.1 Å². The average molecular weight is 262 g/mol. The molecule has 3 N–H and O–H groups in total. The number of nitro groups is 1. The van der Waals surface area contributed by atoms with Gasteiger partial charge in [-0.05, 0) is 12.8 Å². The lowest BCUT2D eigenvalue weighted by Crippen LogP contribution is -2.38. The predicted molar refractivity (Wildman–Crippen MR) is 56.9 cm³/mol. The maximum atomic E-state index is 12.7. The van der Waals surface area contributed by atoms with Crippen LogP contribution in [0.3, 0.4) is 0 Å². The Morgan fingerprint density at radius 2 is 2.06 bits per heavy atom. The number of nitrogen functional groups attached to an aromatic ring is 1. The van der Waals surface area contributed by atoms with Crippen molar-refractivity contribution in [1.29, 1.82) is 0 Å². The van der Waals surface area contributed by atoms with Crippen molar-refractivity contribution < 1.29 is 18.1 Å². The van der Waals surface area contributed by atoms with Crippen LogP contribution < -0.4 is 11.1 Å². The molecule has 9 heteroatoms. The van der Waals surface area contributed by atoms with E-state index in [-0.39, 0.29) is 24.5 Å². The summed E-state index contributed by atoms with van der Waals surface area (Å²) < 4.78 is 38.1. The van der Waals surface area contributed by atoms with Crippen LogP contribution in [-0.4, -0.2) is 21.6 Å². The van der Waals surface area contributed by atoms with Gasteiger partial charge < -0.3 is 11.1 Å². The van der Waals surface area contributed by atoms with Crippen LogP contribution in [0.25, 0.3) is 0 Å². The molecule has 1 aromatic heterocycles. The van der Waals surface area contributed by atoms with E-state index < -0.39 is 22.3 Å². The van der Waals surface area contributed by atoms with E-state index in [2.05, 4.69) is 10.3 Å². The maximum Gasteiger partial charge on any atom is 0.411 e. The Bertz CT molecular complexity index is 499. The molecule has 1 saturated carbocycles. The lowest BCUT2D eigenvalue weighted by molar-refractivity contribution is -0.384. The van der Waals surface area contributed by atoms with Gasteiger partial charge in [0.15, 0.2) is 0 Å². The van der Waals surface area contributed by atoms with Gasteiger partial charge in [0.25, 0.3) is 5.69 Å². The number of alkyl halides is 3. The van der Waals surface area contributed by atoms with Crippen LogP contribution in [-0.2, 0) is 0 Å². The first-order valence-corrected chi connectivity index (χ1v) is 5.00. The molecule has 18 heavy (non-hydrogen) atoms. The van der Waals surface area contributed by atoms with Crippen molar-refractivity contribution in [2.75, 3.05) is 11.1 Å². The van der Waals surface area contributed by atoms with Crippen LogP contribution in [0.5, 0.6) is 0 Å². The average Bonchev–Trinajstić information content (AvgIpc) is 2.96. The molecule has 0 amide bonds. The van der Waals surface area contributed by atoms with Crippen molar-refractivity contribution in [3.63, 3.8) is 0 Å². The highest BCUT2D eigenvalue weighted by Crippen LogP contribution is 2.51. The monoisotopic (exact) mass is 262 g/mol. The number of halogens is 3. The molecule has 0 saturated heterocycles. The quantitative estimate of drug-likeness (QED) is 0.642. The molecule has 1 aliphatic rings. The minimum absolute atomic E-state index is 0.0826. The van der Waals surface area contributed by atoms with Crippen LogP contribution >= 0.6 is 0 Å². The van der Waals surface area contributed by atoms with Crippen LogP contribution in [0.4, 0.5) is 30.5 Å². The van der Waals surface area contributed by atoms with Crippen molar-refractivity contribution in [3.05, 3.63) is 22.2 Å². The third-order valence-electron chi connectivity index (χ3n) is 2.70. The standard InChI is InChI=1S/C9H9F3N4O2/c10-9(11,12)8(1-2-8)15-7-4-5(16(17)18)3-6(13)14-7/h3-4H,1-2H2,(H3,13,14,15). The van der Waals surface area contributed by atoms with E-state index in [1.165, 1.54) is 0 Å². The number of hydrogen-bond acceptors (Lipinski definition) is 5. The second-order valence-corrected chi connectivity index (χ2v) is 4.10. The molecule has 1 fully saturated rings. The van der Waals surface area contributed by atoms with Gasteiger partial charge in [-0.2, -0.15) is 13.2 Å². The molecule has 0 aromatic carbocycles. The predicted octanol–water partition coefficient (Wildman–Crippen LogP) is 2.08. The third kappa shape index (κ3) is 2.15. The first-order valence-electron chi connectivity index (χ1n) is 5.00. The van der Waals surface area contributed by atoms with Gasteiger partial charge in [0.1, 0.15) is 17.2 Å². The van der Waals surface area contributed by atoms with Crippen molar-refractivity contribution in [1.82, 2.24) is 4.98 Å². The van der Waals surface area contributed by atoms with Crippen LogP contribution in [0.15, 0.2) is 12.1 Å². The SMILES string of the molecule is Nc1cc([N+](=O)[O-])cc(NC2(C(F)(F)F)CC2)n1. The molecule has 98 valence electrons. The van der Waals surface area contributed by atoms with Crippen molar-refractivity contribution >= 4 is 17.3 Å². The van der Waals surface area contributed by atoms with E-state index in [0.29, 0.717) is 0 Å². The summed E-state index contributed by atoms with van der Waals surface area (Å²) in [7, 11) is 0. The summed E-state index contributed by atoms with van der Waals surface area (Å²) in [6.07, 6.45) is -4.59. The van der Waals surface area contributed by atoms with E-state index in [9.17, 15) is 23.3 Å². The molecule has 0 radical (unpaired) electrons. The number of anilines is 2. The summed E-state index contributed by atoms with van der Waals surface area (Å²) >= 11 is 0. The Balaban J connectivity index is 2.28. The second-order valence-electron chi connectivity index (χ2n) is 4.10. The van der Waals surface area contributed by atoms with Gasteiger partial charge >= 0.3 is 6.18 Å². The van der Waals surface area contributed by atoms with E-state index in [0.717, 1.165) is 12.1 Å². The van der Waals surface area contributed by atoms with Gasteiger partial charge in [-0.15, -0.1) is 0 Å². The number of pyridine rings is 1. The summed E-state index contributed by atoms with van der Waals surface area (Å²) in [5.74, 6) is -0.443. The normalized spacial score (nSPS) is 17.3. The number of nitrogens with one attached hydrogen (secondary N) is 1. The van der Waals surface area contributed by atoms with E-state index in [1.54, 1.807) is 0 Å². The molecule has 1 heterocycles. The Labute approximate surface area is 99.1 Å². The topological polar surface area (TPSA) is 94.1 Å². The van der Waals surface area contributed by atoms with Gasteiger partial charge in [0.2, 0.25) is 0 Å². The number of nitrogens with two attached hydrogens (primary N) is 1. The summed E-state index contributed by atoms with van der Waals surface area (Å²) in [4.78, 5) is 13.4. The molecule has 0 aliphatic heterocycles. The highest BCUT2D eigenvalue weighted by Gasteiger charge is 2.63. The molecular weight excluding hydrogens is 253 g/mol. The Morgan fingerprint density at radius 1 is 1.44 bits per heavy atom. The zero-order valence-corrected chi connectivity index (χ0v) is 8.99. The number of aromatic nitrogens is 1. The van der Waals surface area contributed by atoms with Crippen molar-refractivity contribution in [2.45, 2.75) is 24.6 Å². The molecule has 0 unspecified atom stereocenters. The van der Waals surface area contributed by atoms with Gasteiger partial charge in [0, 0.05) is 0 Å². The molecule has 0 spiro atoms. The summed E-state index contributed by atoms with van der Waals surface area (Å²) in [5.41, 5.74) is 2.88. The zero-order chi connectivity index (χ0) is 13.6. The zero-order valence-electron chi connectivity index (χ0n) is 8.99. The summed E-state index contributed by atoms with van der Waals surface area (Å²) in [5, 5.41) is 12.7. The maximum absolute atomic E-state index is 12.7. The highest BCUT2D eigenvalue weighted by molar-refractivity contribution is 5.54. The molecule has 1 aromatic rings. The molecule has 0 atom stereocenters. The Hall–Kier alpha value is -2.06. The van der Waals surface area contributed by atoms with E-state index in [1.807, 2.05) is 0 Å². The number of hydrogen-bond donors (Lipinski definition) is 2. The summed E-state index contributed by atoms with van der Waals surface area (Å²) in [6, 6.07) is 1.92. The van der Waals surface area contributed by atoms with Crippen molar-refractivity contribution in [2.24, 2.45) is 0 Å². The van der Waals surface area contributed by atoms with Crippen LogP contribution in [0, 0.1) is 10.1 Å². The van der Waals surface area contributed by atoms with E-state index in [4.69, 9.17) is 5.73 Å². The largest absolute Gasteiger partial charge is 0.411 e. The van der Waals surface area contributed by atoms with Crippen molar-refractivity contribution in [3.8, 4) is 0 Å². The number of rotatable bonds is 3. The fourth-order valence-electron chi connectivity index (χ4n) is 1.56.